The van der Waals surface area contributed by atoms with Crippen LogP contribution >= 0.6 is 0 Å². The minimum Gasteiger partial charge on any atom is -0.390 e. The number of aliphatic hydroxyl groups is 1. The third kappa shape index (κ3) is 3.35. The number of hydrogen-bond donors (Lipinski definition) is 1. The molecular formula is C13H22O. The second-order valence-electron chi connectivity index (χ2n) is 4.62. The summed E-state index contributed by atoms with van der Waals surface area (Å²) in [6.07, 6.45) is 8.00. The number of rotatable bonds is 3. The smallest absolute Gasteiger partial charge is 0.0656 e. The summed E-state index contributed by atoms with van der Waals surface area (Å²) in [5, 5.41) is 10.3. The molecular weight excluding hydrogens is 172 g/mol. The van der Waals surface area contributed by atoms with Crippen LogP contribution < -0.4 is 0 Å². The normalized spacial score (nSPS) is 22.2. The summed E-state index contributed by atoms with van der Waals surface area (Å²) in [7, 11) is 0. The molecule has 1 nitrogen and oxygen atoms in total. The third-order valence-electron chi connectivity index (χ3n) is 3.42. The monoisotopic (exact) mass is 194 g/mol. The van der Waals surface area contributed by atoms with Gasteiger partial charge in [0.1, 0.15) is 0 Å². The van der Waals surface area contributed by atoms with Gasteiger partial charge in [-0.25, -0.2) is 0 Å². The fourth-order valence-corrected chi connectivity index (χ4v) is 2.37. The molecule has 0 aromatic rings. The first-order chi connectivity index (χ1) is 6.67. The first-order valence-electron chi connectivity index (χ1n) is 5.79. The van der Waals surface area contributed by atoms with Gasteiger partial charge in [-0.2, -0.15) is 0 Å². The lowest BCUT2D eigenvalue weighted by molar-refractivity contribution is -0.0222. The molecule has 0 spiro atoms. The largest absolute Gasteiger partial charge is 0.390 e. The van der Waals surface area contributed by atoms with Crippen molar-refractivity contribution in [3.05, 3.63) is 0 Å². The Balaban J connectivity index is 2.39. The molecule has 1 saturated carbocycles. The molecule has 1 aliphatic rings. The third-order valence-corrected chi connectivity index (χ3v) is 3.42. The molecule has 1 N–H and O–H groups in total. The predicted molar refractivity (Wildman–Crippen MR) is 59.9 cm³/mol. The zero-order valence-electron chi connectivity index (χ0n) is 9.47. The predicted octanol–water partition coefficient (Wildman–Crippen LogP) is 3.12. The van der Waals surface area contributed by atoms with Crippen LogP contribution in [0.1, 0.15) is 58.8 Å². The molecule has 1 atom stereocenters. The van der Waals surface area contributed by atoms with Crippen LogP contribution in [0.25, 0.3) is 0 Å². The van der Waals surface area contributed by atoms with Gasteiger partial charge in [0.05, 0.1) is 5.60 Å². The van der Waals surface area contributed by atoms with Crippen LogP contribution in [-0.2, 0) is 0 Å². The van der Waals surface area contributed by atoms with Gasteiger partial charge >= 0.3 is 0 Å². The highest BCUT2D eigenvalue weighted by Crippen LogP contribution is 2.34. The fourth-order valence-electron chi connectivity index (χ4n) is 2.37. The molecule has 1 unspecified atom stereocenters. The van der Waals surface area contributed by atoms with E-state index >= 15 is 0 Å². The van der Waals surface area contributed by atoms with E-state index < -0.39 is 5.60 Å². The highest BCUT2D eigenvalue weighted by molar-refractivity contribution is 4.97. The molecule has 0 heterocycles. The quantitative estimate of drug-likeness (QED) is 0.684. The number of hydrogen-bond acceptors (Lipinski definition) is 1. The second-order valence-corrected chi connectivity index (χ2v) is 4.62. The zero-order chi connectivity index (χ0) is 10.4. The van der Waals surface area contributed by atoms with Gasteiger partial charge in [0.25, 0.3) is 0 Å². The van der Waals surface area contributed by atoms with Crippen molar-refractivity contribution in [3.8, 4) is 11.8 Å². The first kappa shape index (κ1) is 11.6. The van der Waals surface area contributed by atoms with E-state index in [1.807, 2.05) is 13.8 Å². The minimum absolute atomic E-state index is 0.482. The summed E-state index contributed by atoms with van der Waals surface area (Å²) in [6, 6.07) is 0. The van der Waals surface area contributed by atoms with Crippen LogP contribution in [0.4, 0.5) is 0 Å². The maximum Gasteiger partial charge on any atom is 0.0656 e. The molecule has 14 heavy (non-hydrogen) atoms. The van der Waals surface area contributed by atoms with E-state index in [2.05, 4.69) is 11.8 Å². The molecule has 0 amide bonds. The molecule has 1 heteroatoms. The van der Waals surface area contributed by atoms with Crippen molar-refractivity contribution < 1.29 is 5.11 Å². The summed E-state index contributed by atoms with van der Waals surface area (Å²) < 4.78 is 0. The molecule has 0 bridgehead atoms. The SMILES string of the molecule is CC#CCCC(C)(O)C1CCCCC1. The molecule has 0 aliphatic heterocycles. The Labute approximate surface area is 87.9 Å². The maximum absolute atomic E-state index is 10.3. The van der Waals surface area contributed by atoms with Crippen molar-refractivity contribution in [1.29, 1.82) is 0 Å². The van der Waals surface area contributed by atoms with Crippen molar-refractivity contribution in [2.24, 2.45) is 5.92 Å². The average Bonchev–Trinajstić information content (AvgIpc) is 2.19. The van der Waals surface area contributed by atoms with Crippen LogP contribution in [0.15, 0.2) is 0 Å². The van der Waals surface area contributed by atoms with Crippen LogP contribution in [0.2, 0.25) is 0 Å². The molecule has 0 aromatic heterocycles. The van der Waals surface area contributed by atoms with Gasteiger partial charge in [-0.1, -0.05) is 19.3 Å². The summed E-state index contributed by atoms with van der Waals surface area (Å²) in [5.74, 6) is 6.42. The van der Waals surface area contributed by atoms with Crippen molar-refractivity contribution in [1.82, 2.24) is 0 Å². The highest BCUT2D eigenvalue weighted by Gasteiger charge is 2.31. The molecule has 80 valence electrons. The highest BCUT2D eigenvalue weighted by atomic mass is 16.3. The molecule has 0 aromatic carbocycles. The van der Waals surface area contributed by atoms with Crippen molar-refractivity contribution in [2.45, 2.75) is 64.4 Å². The van der Waals surface area contributed by atoms with Crippen LogP contribution in [0.3, 0.4) is 0 Å². The van der Waals surface area contributed by atoms with Gasteiger partial charge < -0.3 is 5.11 Å². The average molecular weight is 194 g/mol. The Kier molecular flexibility index (Phi) is 4.48. The van der Waals surface area contributed by atoms with E-state index in [-0.39, 0.29) is 0 Å². The lowest BCUT2D eigenvalue weighted by Crippen LogP contribution is -2.35. The summed E-state index contributed by atoms with van der Waals surface area (Å²) in [4.78, 5) is 0. The first-order valence-corrected chi connectivity index (χ1v) is 5.79. The fraction of sp³-hybridized carbons (Fsp3) is 0.846. The van der Waals surface area contributed by atoms with Gasteiger partial charge in [0, 0.05) is 6.42 Å². The van der Waals surface area contributed by atoms with E-state index in [1.165, 1.54) is 32.1 Å². The van der Waals surface area contributed by atoms with E-state index in [9.17, 15) is 5.11 Å². The topological polar surface area (TPSA) is 20.2 Å². The van der Waals surface area contributed by atoms with Crippen LogP contribution in [0.5, 0.6) is 0 Å². The Morgan fingerprint density at radius 1 is 1.29 bits per heavy atom. The van der Waals surface area contributed by atoms with Crippen molar-refractivity contribution >= 4 is 0 Å². The summed E-state index contributed by atoms with van der Waals surface area (Å²) in [5.41, 5.74) is -0.482. The van der Waals surface area contributed by atoms with Crippen molar-refractivity contribution in [3.63, 3.8) is 0 Å². The van der Waals surface area contributed by atoms with Crippen LogP contribution in [0, 0.1) is 17.8 Å². The standard InChI is InChI=1S/C13H22O/c1-3-4-8-11-13(2,14)12-9-6-5-7-10-12/h12,14H,5-11H2,1-2H3. The molecule has 1 rings (SSSR count). The van der Waals surface area contributed by atoms with E-state index in [4.69, 9.17) is 0 Å². The van der Waals surface area contributed by atoms with Gasteiger partial charge in [-0.05, 0) is 39.0 Å². The lowest BCUT2D eigenvalue weighted by atomic mass is 9.76. The van der Waals surface area contributed by atoms with Crippen molar-refractivity contribution in [2.75, 3.05) is 0 Å². The maximum atomic E-state index is 10.3. The van der Waals surface area contributed by atoms with Crippen LogP contribution in [-0.4, -0.2) is 10.7 Å². The summed E-state index contributed by atoms with van der Waals surface area (Å²) in [6.45, 7) is 3.84. The molecule has 1 fully saturated rings. The Bertz CT molecular complexity index is 213. The second kappa shape index (κ2) is 5.41. The van der Waals surface area contributed by atoms with Gasteiger partial charge in [0.2, 0.25) is 0 Å². The molecule has 0 radical (unpaired) electrons. The zero-order valence-corrected chi connectivity index (χ0v) is 9.47. The minimum atomic E-state index is -0.482. The van der Waals surface area contributed by atoms with Gasteiger partial charge in [-0.15, -0.1) is 11.8 Å². The van der Waals surface area contributed by atoms with E-state index in [0.717, 1.165) is 12.8 Å². The van der Waals surface area contributed by atoms with Gasteiger partial charge in [-0.3, -0.25) is 0 Å². The van der Waals surface area contributed by atoms with E-state index in [0.29, 0.717) is 5.92 Å². The van der Waals surface area contributed by atoms with Gasteiger partial charge in [0.15, 0.2) is 0 Å². The summed E-state index contributed by atoms with van der Waals surface area (Å²) >= 11 is 0. The Hall–Kier alpha value is -0.480. The molecule has 1 aliphatic carbocycles. The lowest BCUT2D eigenvalue weighted by Gasteiger charge is -2.35. The van der Waals surface area contributed by atoms with E-state index in [1.54, 1.807) is 0 Å². The Morgan fingerprint density at radius 2 is 1.93 bits per heavy atom. The Morgan fingerprint density at radius 3 is 2.50 bits per heavy atom. The molecule has 0 saturated heterocycles.